The Kier molecular flexibility index (Phi) is 15.3. The lowest BCUT2D eigenvalue weighted by Crippen LogP contribution is -2.67. The fraction of sp³-hybridized carbons (Fsp3) is 0.912. The van der Waals surface area contributed by atoms with Crippen LogP contribution >= 0.6 is 0 Å². The number of hydrogen-bond donors (Lipinski definition) is 2. The highest BCUT2D eigenvalue weighted by Gasteiger charge is 2.48. The zero-order valence-corrected chi connectivity index (χ0v) is 27.6. The second-order valence-electron chi connectivity index (χ2n) is 14.1. The first-order valence-electron chi connectivity index (χ1n) is 17.0. The van der Waals surface area contributed by atoms with Crippen molar-refractivity contribution in [2.24, 2.45) is 11.3 Å². The summed E-state index contributed by atoms with van der Waals surface area (Å²) in [5.74, 6) is -2.71. The van der Waals surface area contributed by atoms with Crippen LogP contribution in [0.3, 0.4) is 0 Å². The maximum atomic E-state index is 13.7. The van der Waals surface area contributed by atoms with E-state index in [1.54, 1.807) is 13.8 Å². The summed E-state index contributed by atoms with van der Waals surface area (Å²) in [5.41, 5.74) is -1.43. The summed E-state index contributed by atoms with van der Waals surface area (Å²) in [6, 6.07) is -0.792. The van der Waals surface area contributed by atoms with E-state index in [0.29, 0.717) is 19.4 Å². The number of carbonyl (C=O) groups excluding carboxylic acids is 3. The Bertz CT molecular complexity index is 836. The van der Waals surface area contributed by atoms with Crippen molar-refractivity contribution in [1.82, 2.24) is 10.6 Å². The number of carboxylic acid groups (broad SMARTS) is 1. The Morgan fingerprint density at radius 2 is 1.43 bits per heavy atom. The topological polar surface area (TPSA) is 117 Å². The molecule has 8 heteroatoms. The first kappa shape index (κ1) is 36.5. The fourth-order valence-corrected chi connectivity index (χ4v) is 6.61. The van der Waals surface area contributed by atoms with Crippen molar-refractivity contribution in [1.29, 1.82) is 0 Å². The molecule has 0 aromatic rings. The van der Waals surface area contributed by atoms with Crippen LogP contribution in [-0.2, 0) is 23.9 Å². The van der Waals surface area contributed by atoms with Gasteiger partial charge in [-0.25, -0.2) is 0 Å². The van der Waals surface area contributed by atoms with E-state index in [4.69, 9.17) is 9.47 Å². The standard InChI is InChI=1S/C34H62N2O6/c1-7-9-10-11-12-13-14-15-16-18-21-26(8-2)30(39)36-34(22-19-17-20-23-34)27(24-28(37)38)35-31(40)29-32(3,4)25-41-33(5,6)42-29/h26-27,29H,7-25H2,1-6H3,(H,35,40)(H,36,39)(H,37,38)/p-1. The van der Waals surface area contributed by atoms with Crippen LogP contribution in [0.4, 0.5) is 0 Å². The molecular weight excluding hydrogens is 532 g/mol. The summed E-state index contributed by atoms with van der Waals surface area (Å²) >= 11 is 0. The van der Waals surface area contributed by atoms with E-state index in [9.17, 15) is 19.5 Å². The van der Waals surface area contributed by atoms with E-state index in [1.165, 1.54) is 51.4 Å². The molecule has 1 aliphatic carbocycles. The molecular formula is C34H61N2O6-. The van der Waals surface area contributed by atoms with Crippen molar-refractivity contribution in [3.8, 4) is 0 Å². The van der Waals surface area contributed by atoms with Crippen LogP contribution < -0.4 is 15.7 Å². The van der Waals surface area contributed by atoms with Crippen LogP contribution in [0.5, 0.6) is 0 Å². The van der Waals surface area contributed by atoms with Crippen molar-refractivity contribution >= 4 is 17.8 Å². The average molecular weight is 594 g/mol. The minimum Gasteiger partial charge on any atom is -0.550 e. The number of rotatable bonds is 19. The van der Waals surface area contributed by atoms with Crippen LogP contribution in [0.2, 0.25) is 0 Å². The molecule has 1 saturated heterocycles. The molecule has 244 valence electrons. The molecule has 1 saturated carbocycles. The van der Waals surface area contributed by atoms with Crippen LogP contribution in [0.15, 0.2) is 0 Å². The van der Waals surface area contributed by atoms with Crippen molar-refractivity contribution in [2.45, 2.75) is 181 Å². The Labute approximate surface area is 255 Å². The number of aliphatic carboxylic acids is 1. The molecule has 2 rings (SSSR count). The summed E-state index contributed by atoms with van der Waals surface area (Å²) in [6.45, 7) is 12.0. The highest BCUT2D eigenvalue weighted by atomic mass is 16.7. The summed E-state index contributed by atoms with van der Waals surface area (Å²) < 4.78 is 11.8. The number of ether oxygens (including phenoxy) is 2. The molecule has 42 heavy (non-hydrogen) atoms. The van der Waals surface area contributed by atoms with Gasteiger partial charge in [0.2, 0.25) is 11.8 Å². The molecule has 3 atom stereocenters. The van der Waals surface area contributed by atoms with E-state index in [1.807, 2.05) is 20.8 Å². The van der Waals surface area contributed by atoms with E-state index >= 15 is 0 Å². The first-order chi connectivity index (χ1) is 19.9. The van der Waals surface area contributed by atoms with E-state index in [0.717, 1.165) is 44.9 Å². The predicted octanol–water partition coefficient (Wildman–Crippen LogP) is 5.95. The maximum absolute atomic E-state index is 13.7. The molecule has 0 spiro atoms. The highest BCUT2D eigenvalue weighted by molar-refractivity contribution is 5.84. The van der Waals surface area contributed by atoms with Crippen molar-refractivity contribution in [3.63, 3.8) is 0 Å². The number of carbonyl (C=O) groups is 3. The monoisotopic (exact) mass is 593 g/mol. The summed E-state index contributed by atoms with van der Waals surface area (Å²) in [4.78, 5) is 39.3. The number of nitrogens with one attached hydrogen (secondary N) is 2. The summed E-state index contributed by atoms with van der Waals surface area (Å²) in [5, 5.41) is 18.3. The number of amides is 2. The first-order valence-corrected chi connectivity index (χ1v) is 17.0. The molecule has 8 nitrogen and oxygen atoms in total. The molecule has 0 aromatic heterocycles. The molecule has 2 N–H and O–H groups in total. The van der Waals surface area contributed by atoms with E-state index in [-0.39, 0.29) is 24.2 Å². The summed E-state index contributed by atoms with van der Waals surface area (Å²) in [7, 11) is 0. The van der Waals surface area contributed by atoms with Gasteiger partial charge in [0.1, 0.15) is 6.10 Å². The van der Waals surface area contributed by atoms with Gasteiger partial charge in [0, 0.05) is 23.7 Å². The molecule has 2 aliphatic rings. The van der Waals surface area contributed by atoms with E-state index < -0.39 is 34.9 Å². The van der Waals surface area contributed by atoms with Gasteiger partial charge in [0.05, 0.1) is 18.2 Å². The van der Waals surface area contributed by atoms with Crippen LogP contribution in [0, 0.1) is 11.3 Å². The Morgan fingerprint density at radius 1 is 0.857 bits per heavy atom. The normalized spacial score (nSPS) is 22.6. The number of hydrogen-bond acceptors (Lipinski definition) is 6. The van der Waals surface area contributed by atoms with Gasteiger partial charge in [-0.3, -0.25) is 9.59 Å². The number of unbranched alkanes of at least 4 members (excludes halogenated alkanes) is 9. The van der Waals surface area contributed by atoms with Crippen LogP contribution in [-0.4, -0.2) is 47.9 Å². The predicted molar refractivity (Wildman–Crippen MR) is 164 cm³/mol. The van der Waals surface area contributed by atoms with Gasteiger partial charge in [-0.15, -0.1) is 0 Å². The van der Waals surface area contributed by atoms with Gasteiger partial charge in [0.25, 0.3) is 0 Å². The Balaban J connectivity index is 2.04. The molecule has 1 heterocycles. The molecule has 2 amide bonds. The second-order valence-corrected chi connectivity index (χ2v) is 14.1. The van der Waals surface area contributed by atoms with Crippen LogP contribution in [0.25, 0.3) is 0 Å². The molecule has 3 unspecified atom stereocenters. The lowest BCUT2D eigenvalue weighted by molar-refractivity contribution is -0.307. The minimum absolute atomic E-state index is 0.0308. The highest BCUT2D eigenvalue weighted by Crippen LogP contribution is 2.37. The quantitative estimate of drug-likeness (QED) is 0.179. The fourth-order valence-electron chi connectivity index (χ4n) is 6.61. The Hall–Kier alpha value is -1.67. The van der Waals surface area contributed by atoms with Gasteiger partial charge < -0.3 is 30.0 Å². The smallest absolute Gasteiger partial charge is 0.250 e. The lowest BCUT2D eigenvalue weighted by Gasteiger charge is -2.48. The average Bonchev–Trinajstić information content (AvgIpc) is 2.93. The van der Waals surface area contributed by atoms with E-state index in [2.05, 4.69) is 17.6 Å². The largest absolute Gasteiger partial charge is 0.550 e. The van der Waals surface area contributed by atoms with Crippen molar-refractivity contribution in [3.05, 3.63) is 0 Å². The van der Waals surface area contributed by atoms with Crippen molar-refractivity contribution < 1.29 is 29.0 Å². The molecule has 0 radical (unpaired) electrons. The number of carboxylic acids is 1. The van der Waals surface area contributed by atoms with Gasteiger partial charge in [-0.05, 0) is 39.5 Å². The molecule has 2 fully saturated rings. The van der Waals surface area contributed by atoms with Crippen molar-refractivity contribution in [2.75, 3.05) is 6.61 Å². The lowest BCUT2D eigenvalue weighted by atomic mass is 9.74. The molecule has 1 aliphatic heterocycles. The molecule has 0 aromatic carbocycles. The third kappa shape index (κ3) is 11.8. The van der Waals surface area contributed by atoms with Gasteiger partial charge in [-0.1, -0.05) is 111 Å². The third-order valence-electron chi connectivity index (χ3n) is 9.38. The zero-order valence-electron chi connectivity index (χ0n) is 27.6. The Morgan fingerprint density at radius 3 is 1.98 bits per heavy atom. The molecule has 0 bridgehead atoms. The van der Waals surface area contributed by atoms with Gasteiger partial charge in [0.15, 0.2) is 5.79 Å². The van der Waals surface area contributed by atoms with Crippen LogP contribution in [0.1, 0.15) is 157 Å². The zero-order chi connectivity index (χ0) is 31.2. The van der Waals surface area contributed by atoms with Gasteiger partial charge in [-0.2, -0.15) is 0 Å². The van der Waals surface area contributed by atoms with Gasteiger partial charge >= 0.3 is 0 Å². The summed E-state index contributed by atoms with van der Waals surface area (Å²) in [6.07, 6.45) is 16.9. The minimum atomic E-state index is -1.25. The maximum Gasteiger partial charge on any atom is 0.250 e. The SMILES string of the molecule is CCCCCCCCCCCCC(CC)C(=O)NC1(C(CC(=O)[O-])NC(=O)C2OC(C)(C)OCC2(C)C)CCCCC1. The third-order valence-corrected chi connectivity index (χ3v) is 9.38. The second kappa shape index (κ2) is 17.6.